The second-order valence-electron chi connectivity index (χ2n) is 3.12. The van der Waals surface area contributed by atoms with Gasteiger partial charge in [0.15, 0.2) is 11.6 Å². The summed E-state index contributed by atoms with van der Waals surface area (Å²) in [5, 5.41) is -0.792. The Kier molecular flexibility index (Phi) is 1.98. The van der Waals surface area contributed by atoms with Crippen molar-refractivity contribution >= 4 is 26.1 Å². The highest BCUT2D eigenvalue weighted by molar-refractivity contribution is 7.41. The van der Waals surface area contributed by atoms with Crippen LogP contribution in [0.1, 0.15) is 20.3 Å². The van der Waals surface area contributed by atoms with E-state index in [0.29, 0.717) is 14.6 Å². The maximum Gasteiger partial charge on any atom is 0.157 e. The summed E-state index contributed by atoms with van der Waals surface area (Å²) in [6.45, 7) is 3.49. The molecule has 1 saturated carbocycles. The molecule has 60 valence electrons. The fourth-order valence-electron chi connectivity index (χ4n) is 1.35. The zero-order valence-electron chi connectivity index (χ0n) is 6.76. The minimum atomic E-state index is -0.792. The highest BCUT2D eigenvalue weighted by Crippen LogP contribution is 2.36. The van der Waals surface area contributed by atoms with Crippen LogP contribution in [0.5, 0.6) is 0 Å². The minimum Gasteiger partial charge on any atom is -0.298 e. The molecule has 0 radical (unpaired) electrons. The van der Waals surface area contributed by atoms with Crippen LogP contribution < -0.4 is 0 Å². The number of carbonyl (C=O) groups excluding carboxylic acids is 2. The third-order valence-electron chi connectivity index (χ3n) is 2.28. The van der Waals surface area contributed by atoms with Gasteiger partial charge in [-0.2, -0.15) is 0 Å². The monoisotopic (exact) mass is 170 g/mol. The van der Waals surface area contributed by atoms with Gasteiger partial charge in [0.2, 0.25) is 0 Å². The standard InChI is InChI=1S/C8H11O2P/c1-5-4-6(9)8(2,11-3)7(5)10/h5H,3-4H2,1-2H3/t5-,8?/m1/s1. The predicted octanol–water partition coefficient (Wildman–Crippen LogP) is 1.30. The summed E-state index contributed by atoms with van der Waals surface area (Å²) in [5.41, 5.74) is 0. The Morgan fingerprint density at radius 3 is 2.36 bits per heavy atom. The van der Waals surface area contributed by atoms with Crippen molar-refractivity contribution in [2.75, 3.05) is 0 Å². The van der Waals surface area contributed by atoms with Crippen LogP contribution in [0.3, 0.4) is 0 Å². The molecule has 0 aromatic heterocycles. The van der Waals surface area contributed by atoms with Gasteiger partial charge in [-0.1, -0.05) is 21.4 Å². The summed E-state index contributed by atoms with van der Waals surface area (Å²) < 4.78 is 0. The number of carbonyl (C=O) groups is 2. The Hall–Kier alpha value is -0.490. The molecule has 1 unspecified atom stereocenters. The Bertz CT molecular complexity index is 234. The highest BCUT2D eigenvalue weighted by Gasteiger charge is 2.47. The van der Waals surface area contributed by atoms with Crippen molar-refractivity contribution in [2.45, 2.75) is 25.4 Å². The molecule has 0 saturated heterocycles. The van der Waals surface area contributed by atoms with E-state index in [9.17, 15) is 9.59 Å². The maximum atomic E-state index is 11.4. The van der Waals surface area contributed by atoms with E-state index in [0.717, 1.165) is 0 Å². The number of ketones is 2. The van der Waals surface area contributed by atoms with Gasteiger partial charge in [-0.15, -0.1) is 0 Å². The molecular weight excluding hydrogens is 159 g/mol. The summed E-state index contributed by atoms with van der Waals surface area (Å²) in [4.78, 5) is 22.7. The Balaban J connectivity index is 3.06. The molecule has 0 spiro atoms. The molecule has 0 aromatic carbocycles. The van der Waals surface area contributed by atoms with Crippen LogP contribution in [0, 0.1) is 5.92 Å². The first-order chi connectivity index (χ1) is 5.02. The normalized spacial score (nSPS) is 38.5. The van der Waals surface area contributed by atoms with Crippen LogP contribution in [-0.2, 0) is 9.59 Å². The van der Waals surface area contributed by atoms with Gasteiger partial charge in [-0.25, -0.2) is 0 Å². The second kappa shape index (κ2) is 2.53. The molecule has 1 rings (SSSR count). The minimum absolute atomic E-state index is 0.0478. The van der Waals surface area contributed by atoms with Crippen LogP contribution in [0.15, 0.2) is 0 Å². The number of Topliss-reactive ketones (excluding diaryl/α,β-unsaturated/α-hetero) is 2. The van der Waals surface area contributed by atoms with Gasteiger partial charge in [-0.05, 0) is 6.92 Å². The fraction of sp³-hybridized carbons (Fsp3) is 0.625. The van der Waals surface area contributed by atoms with E-state index in [-0.39, 0.29) is 17.5 Å². The first-order valence-electron chi connectivity index (χ1n) is 3.58. The molecule has 2 atom stereocenters. The van der Waals surface area contributed by atoms with E-state index in [2.05, 4.69) is 6.30 Å². The van der Waals surface area contributed by atoms with Crippen molar-refractivity contribution in [3.8, 4) is 0 Å². The molecule has 2 nitrogen and oxygen atoms in total. The molecule has 0 amide bonds. The summed E-state index contributed by atoms with van der Waals surface area (Å²) in [7, 11) is 0.634. The first-order valence-corrected chi connectivity index (χ1v) is 4.66. The van der Waals surface area contributed by atoms with Gasteiger partial charge in [-0.3, -0.25) is 9.59 Å². The van der Waals surface area contributed by atoms with Crippen molar-refractivity contribution in [3.05, 3.63) is 0 Å². The fourth-order valence-corrected chi connectivity index (χ4v) is 2.00. The van der Waals surface area contributed by atoms with Gasteiger partial charge in [0.1, 0.15) is 5.16 Å². The first kappa shape index (κ1) is 8.61. The molecule has 0 heterocycles. The molecule has 1 fully saturated rings. The summed E-state index contributed by atoms with van der Waals surface area (Å²) >= 11 is 0. The topological polar surface area (TPSA) is 34.1 Å². The van der Waals surface area contributed by atoms with E-state index in [1.54, 1.807) is 13.8 Å². The predicted molar refractivity (Wildman–Crippen MR) is 46.2 cm³/mol. The lowest BCUT2D eigenvalue weighted by atomic mass is 10.1. The van der Waals surface area contributed by atoms with Crippen LogP contribution in [0.2, 0.25) is 0 Å². The summed E-state index contributed by atoms with van der Waals surface area (Å²) in [6.07, 6.45) is 4.01. The molecule has 0 aromatic rings. The van der Waals surface area contributed by atoms with Crippen LogP contribution in [0.25, 0.3) is 0 Å². The lowest BCUT2D eigenvalue weighted by Gasteiger charge is -2.12. The zero-order chi connectivity index (χ0) is 8.65. The van der Waals surface area contributed by atoms with Gasteiger partial charge in [0, 0.05) is 12.3 Å². The van der Waals surface area contributed by atoms with Crippen molar-refractivity contribution in [1.82, 2.24) is 0 Å². The molecule has 0 N–H and O–H groups in total. The van der Waals surface area contributed by atoms with Crippen molar-refractivity contribution < 1.29 is 9.59 Å². The molecule has 1 aliphatic carbocycles. The molecule has 11 heavy (non-hydrogen) atoms. The quantitative estimate of drug-likeness (QED) is 0.439. The Labute approximate surface area is 67.8 Å². The lowest BCUT2D eigenvalue weighted by molar-refractivity contribution is -0.125. The van der Waals surface area contributed by atoms with E-state index < -0.39 is 5.16 Å². The average molecular weight is 170 g/mol. The maximum absolute atomic E-state index is 11.4. The molecule has 1 aliphatic rings. The molecule has 0 aliphatic heterocycles. The van der Waals surface area contributed by atoms with Crippen molar-refractivity contribution in [2.24, 2.45) is 5.92 Å². The SMILES string of the molecule is C=PC1(C)C(=O)C[C@@H](C)C1=O. The molecular formula is C8H11O2P. The van der Waals surface area contributed by atoms with Crippen LogP contribution in [-0.4, -0.2) is 23.0 Å². The van der Waals surface area contributed by atoms with Crippen molar-refractivity contribution in [1.29, 1.82) is 0 Å². The van der Waals surface area contributed by atoms with Gasteiger partial charge in [0.05, 0.1) is 0 Å². The van der Waals surface area contributed by atoms with Crippen LogP contribution in [0.4, 0.5) is 0 Å². The van der Waals surface area contributed by atoms with Crippen molar-refractivity contribution in [3.63, 3.8) is 0 Å². The molecule has 3 heteroatoms. The number of rotatable bonds is 1. The van der Waals surface area contributed by atoms with E-state index in [1.165, 1.54) is 0 Å². The number of hydrogen-bond donors (Lipinski definition) is 0. The molecule has 0 bridgehead atoms. The number of hydrogen-bond acceptors (Lipinski definition) is 2. The second-order valence-corrected chi connectivity index (χ2v) is 4.33. The van der Waals surface area contributed by atoms with E-state index in [1.807, 2.05) is 0 Å². The average Bonchev–Trinajstić information content (AvgIpc) is 2.16. The zero-order valence-corrected chi connectivity index (χ0v) is 7.65. The Morgan fingerprint density at radius 1 is 1.64 bits per heavy atom. The third kappa shape index (κ3) is 1.06. The van der Waals surface area contributed by atoms with Gasteiger partial charge >= 0.3 is 0 Å². The smallest absolute Gasteiger partial charge is 0.157 e. The highest BCUT2D eigenvalue weighted by atomic mass is 31.1. The van der Waals surface area contributed by atoms with Gasteiger partial charge in [0.25, 0.3) is 0 Å². The van der Waals surface area contributed by atoms with Crippen LogP contribution >= 0.6 is 8.20 Å². The van der Waals surface area contributed by atoms with E-state index in [4.69, 9.17) is 0 Å². The largest absolute Gasteiger partial charge is 0.298 e. The summed E-state index contributed by atoms with van der Waals surface area (Å²) in [6, 6.07) is 0. The summed E-state index contributed by atoms with van der Waals surface area (Å²) in [5.74, 6) is 0.00702. The van der Waals surface area contributed by atoms with Gasteiger partial charge < -0.3 is 0 Å². The third-order valence-corrected chi connectivity index (χ3v) is 3.38. The Morgan fingerprint density at radius 2 is 2.18 bits per heavy atom. The van der Waals surface area contributed by atoms with E-state index >= 15 is 0 Å². The lowest BCUT2D eigenvalue weighted by Crippen LogP contribution is -2.31.